The number of ketones is 2. The van der Waals surface area contributed by atoms with Crippen molar-refractivity contribution in [3.8, 4) is 34.5 Å². The number of rotatable bonds is 1. The van der Waals surface area contributed by atoms with E-state index in [2.05, 4.69) is 33.8 Å². The molecular weight excluding hydrogens is 700 g/mol. The van der Waals surface area contributed by atoms with Gasteiger partial charge in [-0.05, 0) is 147 Å². The molecule has 3 aromatic rings. The lowest BCUT2D eigenvalue weighted by Gasteiger charge is -2.69. The summed E-state index contributed by atoms with van der Waals surface area (Å²) in [7, 11) is 0. The molecule has 0 saturated heterocycles. The molecule has 6 unspecified atom stereocenters. The largest absolute Gasteiger partial charge is 0.507 e. The van der Waals surface area contributed by atoms with Gasteiger partial charge in [0, 0.05) is 5.41 Å². The van der Waals surface area contributed by atoms with Crippen LogP contribution in [0.5, 0.6) is 34.5 Å². The quantitative estimate of drug-likeness (QED) is 0.0563. The van der Waals surface area contributed by atoms with Crippen LogP contribution in [-0.2, 0) is 16.6 Å². The summed E-state index contributed by atoms with van der Waals surface area (Å²) in [6, 6.07) is 4.14. The maximum absolute atomic E-state index is 12.6. The Morgan fingerprint density at radius 3 is 1.71 bits per heavy atom. The molecule has 10 heteroatoms. The molecule has 5 aliphatic carbocycles. The van der Waals surface area contributed by atoms with Crippen molar-refractivity contribution in [2.24, 2.45) is 27.6 Å². The third-order valence-electron chi connectivity index (χ3n) is 15.4. The van der Waals surface area contributed by atoms with E-state index in [1.807, 2.05) is 19.9 Å². The third-order valence-corrected chi connectivity index (χ3v) is 15.4. The van der Waals surface area contributed by atoms with Crippen molar-refractivity contribution in [3.63, 3.8) is 0 Å². The van der Waals surface area contributed by atoms with Crippen molar-refractivity contribution < 1.29 is 50.1 Å². The van der Waals surface area contributed by atoms with E-state index in [1.54, 1.807) is 0 Å². The highest BCUT2D eigenvalue weighted by molar-refractivity contribution is 6.32. The van der Waals surface area contributed by atoms with Gasteiger partial charge in [-0.25, -0.2) is 0 Å². The van der Waals surface area contributed by atoms with Crippen LogP contribution in [0, 0.1) is 48.3 Å². The van der Waals surface area contributed by atoms with Gasteiger partial charge in [0.1, 0.15) is 23.0 Å². The van der Waals surface area contributed by atoms with E-state index >= 15 is 0 Å². The number of carboxylic acid groups (broad SMARTS) is 1. The molecule has 5 aliphatic rings. The Morgan fingerprint density at radius 2 is 1.18 bits per heavy atom. The first-order chi connectivity index (χ1) is 25.5. The van der Waals surface area contributed by atoms with Gasteiger partial charge in [0.2, 0.25) is 11.6 Å². The van der Waals surface area contributed by atoms with Gasteiger partial charge in [0.05, 0.1) is 27.7 Å². The molecule has 0 radical (unpaired) electrons. The molecule has 3 saturated carbocycles. The van der Waals surface area contributed by atoms with Gasteiger partial charge in [0.25, 0.3) is 0 Å². The maximum atomic E-state index is 12.6. The zero-order valence-corrected chi connectivity index (χ0v) is 32.9. The highest BCUT2D eigenvalue weighted by Crippen LogP contribution is 2.74. The van der Waals surface area contributed by atoms with E-state index in [4.69, 9.17) is 0 Å². The summed E-state index contributed by atoms with van der Waals surface area (Å²) in [6.07, 6.45) is 10.0. The van der Waals surface area contributed by atoms with Crippen LogP contribution in [0.4, 0.5) is 0 Å². The first-order valence-corrected chi connectivity index (χ1v) is 19.2. The minimum absolute atomic E-state index is 0.00431. The topological polar surface area (TPSA) is 193 Å². The summed E-state index contributed by atoms with van der Waals surface area (Å²) in [5.41, 5.74) is 2.96. The molecule has 6 atom stereocenters. The van der Waals surface area contributed by atoms with Crippen molar-refractivity contribution in [2.45, 2.75) is 112 Å². The van der Waals surface area contributed by atoms with Gasteiger partial charge in [-0.3, -0.25) is 14.4 Å². The van der Waals surface area contributed by atoms with Crippen LogP contribution in [0.3, 0.4) is 0 Å². The predicted octanol–water partition coefficient (Wildman–Crippen LogP) is 8.55. The smallest absolute Gasteiger partial charge is 0.309 e. The number of hydrogen-bond donors (Lipinski definition) is 7. The highest BCUT2D eigenvalue weighted by Gasteiger charge is 2.67. The normalized spacial score (nSPS) is 31.6. The van der Waals surface area contributed by atoms with E-state index in [9.17, 15) is 50.1 Å². The van der Waals surface area contributed by atoms with E-state index in [1.165, 1.54) is 25.0 Å². The van der Waals surface area contributed by atoms with E-state index in [-0.39, 0.29) is 66.5 Å². The van der Waals surface area contributed by atoms with Crippen molar-refractivity contribution >= 4 is 17.5 Å². The number of carbonyl (C=O) groups excluding carboxylic acids is 2. The number of phenolic OH excluding ortho intramolecular Hbond substituents is 6. The van der Waals surface area contributed by atoms with Gasteiger partial charge in [-0.15, -0.1) is 0 Å². The zero-order chi connectivity index (χ0) is 40.5. The molecule has 0 bridgehead atoms. The van der Waals surface area contributed by atoms with Crippen LogP contribution >= 0.6 is 0 Å². The SMILES string of the molecule is Cc1c(O)c(O)cc2c1CC=C1C2(C)CCC2(C)C3CC(C)(C(=O)O)CCC3(C)CCC12C.Cc1cc(O)c2c(c1O)C(=O)c1c(O)cc(C)c(O)c1C2=O. The first kappa shape index (κ1) is 38.3. The molecule has 8 rings (SSSR count). The van der Waals surface area contributed by atoms with Crippen molar-refractivity contribution in [3.05, 3.63) is 79.9 Å². The summed E-state index contributed by atoms with van der Waals surface area (Å²) in [6.45, 7) is 16.5. The maximum Gasteiger partial charge on any atom is 0.309 e. The van der Waals surface area contributed by atoms with Crippen LogP contribution < -0.4 is 0 Å². The average Bonchev–Trinajstić information content (AvgIpc) is 3.11. The van der Waals surface area contributed by atoms with Crippen LogP contribution in [0.15, 0.2) is 29.8 Å². The van der Waals surface area contributed by atoms with Crippen LogP contribution in [0.1, 0.15) is 139 Å². The first-order valence-electron chi connectivity index (χ1n) is 19.2. The minimum Gasteiger partial charge on any atom is -0.507 e. The number of carboxylic acids is 1. The van der Waals surface area contributed by atoms with Crippen molar-refractivity contribution in [1.82, 2.24) is 0 Å². The molecule has 3 aromatic carbocycles. The Labute approximate surface area is 321 Å². The second kappa shape index (κ2) is 12.0. The number of carbonyl (C=O) groups is 3. The standard InChI is InChI=1S/C29H40O4.C16H12O6/c1-17-18-7-8-21-27(4,19(18)15-20(30)23(17)31)12-14-29(6)22-16-26(3,24(32)33)10-9-25(22,2)11-13-28(21,29)5;1-5-3-7(17)9-11(13(5)19)15(21)10-8(18)4-6(2)14(20)12(10)16(9)22/h8,15,22,30-31H,7,9-14,16H2,1-6H3,(H,32,33);3-4,17-20H,1-2H3. The van der Waals surface area contributed by atoms with Gasteiger partial charge in [-0.1, -0.05) is 39.3 Å². The number of benzene rings is 3. The number of allylic oxidation sites excluding steroid dienone is 2. The van der Waals surface area contributed by atoms with Crippen LogP contribution in [-0.4, -0.2) is 53.3 Å². The fraction of sp³-hybridized carbons (Fsp3) is 0.489. The molecule has 292 valence electrons. The summed E-state index contributed by atoms with van der Waals surface area (Å²) >= 11 is 0. The van der Waals surface area contributed by atoms with E-state index in [0.29, 0.717) is 5.92 Å². The summed E-state index contributed by atoms with van der Waals surface area (Å²) in [4.78, 5) is 37.4. The molecule has 0 aromatic heterocycles. The summed E-state index contributed by atoms with van der Waals surface area (Å²) < 4.78 is 0. The van der Waals surface area contributed by atoms with Crippen LogP contribution in [0.25, 0.3) is 0 Å². The van der Waals surface area contributed by atoms with Gasteiger partial charge >= 0.3 is 5.97 Å². The molecule has 0 heterocycles. The molecular formula is C45H52O10. The van der Waals surface area contributed by atoms with Gasteiger partial charge in [-0.2, -0.15) is 0 Å². The Bertz CT molecular complexity index is 2210. The second-order valence-corrected chi connectivity index (χ2v) is 18.4. The lowest BCUT2D eigenvalue weighted by Crippen LogP contribution is -2.62. The van der Waals surface area contributed by atoms with Crippen molar-refractivity contribution in [1.29, 1.82) is 0 Å². The number of fused-ring (bicyclic) bond motifs is 9. The summed E-state index contributed by atoms with van der Waals surface area (Å²) in [5, 5.41) is 71.0. The molecule has 7 N–H and O–H groups in total. The number of phenols is 6. The molecule has 10 nitrogen and oxygen atoms in total. The lowest BCUT2D eigenvalue weighted by molar-refractivity contribution is -0.177. The Morgan fingerprint density at radius 1 is 0.655 bits per heavy atom. The molecule has 55 heavy (non-hydrogen) atoms. The Hall–Kier alpha value is -4.99. The Balaban J connectivity index is 0.000000184. The third kappa shape index (κ3) is 5.01. The lowest BCUT2D eigenvalue weighted by atomic mass is 9.34. The molecule has 0 aliphatic heterocycles. The predicted molar refractivity (Wildman–Crippen MR) is 205 cm³/mol. The fourth-order valence-electron chi connectivity index (χ4n) is 11.6. The van der Waals surface area contributed by atoms with Gasteiger partial charge < -0.3 is 35.7 Å². The summed E-state index contributed by atoms with van der Waals surface area (Å²) in [5.74, 6) is -3.73. The molecule has 3 fully saturated rings. The zero-order valence-electron chi connectivity index (χ0n) is 32.9. The number of aromatic hydroxyl groups is 6. The number of aryl methyl sites for hydroxylation is 2. The monoisotopic (exact) mass is 752 g/mol. The van der Waals surface area contributed by atoms with Crippen LogP contribution in [0.2, 0.25) is 0 Å². The second-order valence-electron chi connectivity index (χ2n) is 18.4. The number of hydrogen-bond acceptors (Lipinski definition) is 9. The fourth-order valence-corrected chi connectivity index (χ4v) is 11.6. The average molecular weight is 753 g/mol. The van der Waals surface area contributed by atoms with E-state index < -0.39 is 45.9 Å². The minimum atomic E-state index is -0.825. The van der Waals surface area contributed by atoms with Crippen molar-refractivity contribution in [2.75, 3.05) is 0 Å². The number of aliphatic carboxylic acids is 1. The molecule has 0 spiro atoms. The highest BCUT2D eigenvalue weighted by atomic mass is 16.4. The van der Waals surface area contributed by atoms with E-state index in [0.717, 1.165) is 74.6 Å². The van der Waals surface area contributed by atoms with Gasteiger partial charge in [0.15, 0.2) is 11.5 Å². The molecule has 0 amide bonds. The Kier molecular flexibility index (Phi) is 8.36.